The Hall–Kier alpha value is -2.37. The molecule has 0 unspecified atom stereocenters. The predicted octanol–water partition coefficient (Wildman–Crippen LogP) is 2.13. The Kier molecular flexibility index (Phi) is 3.04. The minimum atomic E-state index is -1.39. The number of carbonyl (C=O) groups is 1. The molecule has 88 valence electrons. The molecule has 0 spiro atoms. The first-order valence-corrected chi connectivity index (χ1v) is 4.81. The molecule has 0 fully saturated rings. The van der Waals surface area contributed by atoms with Gasteiger partial charge in [0.25, 0.3) is 0 Å². The average Bonchev–Trinajstić information content (AvgIpc) is 2.64. The molecule has 6 heteroatoms. The van der Waals surface area contributed by atoms with Crippen LogP contribution in [-0.2, 0) is 6.54 Å². The van der Waals surface area contributed by atoms with E-state index in [-0.39, 0.29) is 11.6 Å². The second-order valence-corrected chi connectivity index (χ2v) is 3.37. The highest BCUT2D eigenvalue weighted by atomic mass is 19.1. The van der Waals surface area contributed by atoms with Gasteiger partial charge in [-0.15, -0.1) is 0 Å². The maximum absolute atomic E-state index is 12.9. The van der Waals surface area contributed by atoms with Crippen LogP contribution < -0.4 is 4.74 Å². The van der Waals surface area contributed by atoms with Crippen molar-refractivity contribution in [3.63, 3.8) is 0 Å². The quantitative estimate of drug-likeness (QED) is 0.829. The van der Waals surface area contributed by atoms with Crippen molar-refractivity contribution < 1.29 is 19.0 Å². The van der Waals surface area contributed by atoms with E-state index in [9.17, 15) is 9.18 Å². The van der Waals surface area contributed by atoms with E-state index < -0.39 is 6.16 Å². The molecule has 1 heterocycles. The van der Waals surface area contributed by atoms with Crippen LogP contribution in [0.1, 0.15) is 5.56 Å². The van der Waals surface area contributed by atoms with Crippen LogP contribution in [0.5, 0.6) is 5.75 Å². The van der Waals surface area contributed by atoms with Crippen LogP contribution in [0.15, 0.2) is 36.7 Å². The number of hydrogen-bond acceptors (Lipinski definition) is 3. The summed E-state index contributed by atoms with van der Waals surface area (Å²) in [5.41, 5.74) is 0.731. The van der Waals surface area contributed by atoms with Gasteiger partial charge in [0.15, 0.2) is 5.75 Å². The molecule has 0 aliphatic heterocycles. The highest BCUT2D eigenvalue weighted by Crippen LogP contribution is 2.11. The number of rotatable bonds is 3. The summed E-state index contributed by atoms with van der Waals surface area (Å²) in [5.74, 6) is -0.189. The van der Waals surface area contributed by atoms with E-state index in [0.717, 1.165) is 5.56 Å². The lowest BCUT2D eigenvalue weighted by Gasteiger charge is -2.01. The Bertz CT molecular complexity index is 539. The van der Waals surface area contributed by atoms with Crippen molar-refractivity contribution in [1.82, 2.24) is 9.78 Å². The van der Waals surface area contributed by atoms with Crippen molar-refractivity contribution >= 4 is 6.16 Å². The Morgan fingerprint density at radius 2 is 2.35 bits per heavy atom. The zero-order valence-electron chi connectivity index (χ0n) is 8.71. The van der Waals surface area contributed by atoms with Gasteiger partial charge in [0.1, 0.15) is 5.82 Å². The van der Waals surface area contributed by atoms with E-state index in [2.05, 4.69) is 9.84 Å². The zero-order valence-corrected chi connectivity index (χ0v) is 8.71. The molecule has 0 saturated carbocycles. The number of halogens is 1. The molecule has 0 atom stereocenters. The standard InChI is InChI=1S/C11H9FN2O3/c12-9-3-1-2-8(4-9)6-14-7-10(5-13-14)17-11(15)16/h1-5,7H,6H2,(H,15,16). The molecule has 0 aliphatic rings. The maximum atomic E-state index is 12.9. The van der Waals surface area contributed by atoms with E-state index in [4.69, 9.17) is 5.11 Å². The van der Waals surface area contributed by atoms with Crippen LogP contribution in [0.4, 0.5) is 9.18 Å². The van der Waals surface area contributed by atoms with Crippen molar-refractivity contribution in [2.24, 2.45) is 0 Å². The van der Waals surface area contributed by atoms with E-state index in [1.165, 1.54) is 29.2 Å². The molecule has 2 rings (SSSR count). The van der Waals surface area contributed by atoms with Gasteiger partial charge in [-0.1, -0.05) is 12.1 Å². The third kappa shape index (κ3) is 3.04. The number of nitrogens with zero attached hydrogens (tertiary/aromatic N) is 2. The van der Waals surface area contributed by atoms with E-state index in [1.807, 2.05) is 0 Å². The van der Waals surface area contributed by atoms with Crippen molar-refractivity contribution in [1.29, 1.82) is 0 Å². The molecular weight excluding hydrogens is 227 g/mol. The minimum Gasteiger partial charge on any atom is -0.449 e. The van der Waals surface area contributed by atoms with Crippen LogP contribution in [0.3, 0.4) is 0 Å². The third-order valence-corrected chi connectivity index (χ3v) is 2.05. The minimum absolute atomic E-state index is 0.133. The SMILES string of the molecule is O=C(O)Oc1cnn(Cc2cccc(F)c2)c1. The van der Waals surface area contributed by atoms with Crippen LogP contribution in [0.25, 0.3) is 0 Å². The Balaban J connectivity index is 2.08. The van der Waals surface area contributed by atoms with Gasteiger partial charge < -0.3 is 9.84 Å². The molecule has 0 radical (unpaired) electrons. The molecule has 0 aliphatic carbocycles. The second-order valence-electron chi connectivity index (χ2n) is 3.37. The summed E-state index contributed by atoms with van der Waals surface area (Å²) < 4.78 is 18.8. The fraction of sp³-hybridized carbons (Fsp3) is 0.0909. The summed E-state index contributed by atoms with van der Waals surface area (Å²) >= 11 is 0. The van der Waals surface area contributed by atoms with Gasteiger partial charge in [-0.25, -0.2) is 9.18 Å². The first-order chi connectivity index (χ1) is 8.13. The molecule has 0 saturated heterocycles. The number of carboxylic acid groups (broad SMARTS) is 1. The van der Waals surface area contributed by atoms with E-state index in [1.54, 1.807) is 12.1 Å². The van der Waals surface area contributed by atoms with Gasteiger partial charge in [-0.2, -0.15) is 5.10 Å². The maximum Gasteiger partial charge on any atom is 0.511 e. The van der Waals surface area contributed by atoms with Gasteiger partial charge >= 0.3 is 6.16 Å². The normalized spacial score (nSPS) is 10.2. The van der Waals surface area contributed by atoms with Crippen molar-refractivity contribution in [3.8, 4) is 5.75 Å². The molecule has 1 aromatic heterocycles. The molecule has 17 heavy (non-hydrogen) atoms. The topological polar surface area (TPSA) is 64.3 Å². The average molecular weight is 236 g/mol. The fourth-order valence-electron chi connectivity index (χ4n) is 1.41. The first kappa shape index (κ1) is 11.1. The molecule has 0 bridgehead atoms. The van der Waals surface area contributed by atoms with Crippen LogP contribution in [0, 0.1) is 5.82 Å². The molecule has 0 amide bonds. The number of benzene rings is 1. The predicted molar refractivity (Wildman–Crippen MR) is 56.4 cm³/mol. The van der Waals surface area contributed by atoms with E-state index >= 15 is 0 Å². The van der Waals surface area contributed by atoms with E-state index in [0.29, 0.717) is 6.54 Å². The van der Waals surface area contributed by atoms with Gasteiger partial charge in [0, 0.05) is 0 Å². The summed E-state index contributed by atoms with van der Waals surface area (Å²) in [4.78, 5) is 10.3. The molecular formula is C11H9FN2O3. The molecule has 1 N–H and O–H groups in total. The third-order valence-electron chi connectivity index (χ3n) is 2.05. The highest BCUT2D eigenvalue weighted by Gasteiger charge is 2.04. The largest absolute Gasteiger partial charge is 0.511 e. The molecule has 5 nitrogen and oxygen atoms in total. The van der Waals surface area contributed by atoms with Crippen molar-refractivity contribution in [2.45, 2.75) is 6.54 Å². The smallest absolute Gasteiger partial charge is 0.449 e. The lowest BCUT2D eigenvalue weighted by Crippen LogP contribution is -2.02. The summed E-state index contributed by atoms with van der Waals surface area (Å²) in [6, 6.07) is 6.09. The number of aromatic nitrogens is 2. The summed E-state index contributed by atoms with van der Waals surface area (Å²) in [7, 11) is 0. The molecule has 2 aromatic rings. The Morgan fingerprint density at radius 1 is 1.53 bits per heavy atom. The first-order valence-electron chi connectivity index (χ1n) is 4.81. The Morgan fingerprint density at radius 3 is 3.06 bits per heavy atom. The summed E-state index contributed by atoms with van der Waals surface area (Å²) in [6.45, 7) is 0.348. The summed E-state index contributed by atoms with van der Waals surface area (Å²) in [6.07, 6.45) is 1.32. The van der Waals surface area contributed by atoms with Gasteiger partial charge in [-0.3, -0.25) is 4.68 Å². The van der Waals surface area contributed by atoms with Crippen molar-refractivity contribution in [3.05, 3.63) is 48.0 Å². The summed E-state index contributed by atoms with van der Waals surface area (Å²) in [5, 5.41) is 12.3. The zero-order chi connectivity index (χ0) is 12.3. The van der Waals surface area contributed by atoms with Crippen LogP contribution in [0.2, 0.25) is 0 Å². The van der Waals surface area contributed by atoms with Crippen molar-refractivity contribution in [2.75, 3.05) is 0 Å². The van der Waals surface area contributed by atoms with Gasteiger partial charge in [0.2, 0.25) is 0 Å². The molecule has 1 aromatic carbocycles. The lowest BCUT2D eigenvalue weighted by molar-refractivity contribution is 0.144. The monoisotopic (exact) mass is 236 g/mol. The Labute approximate surface area is 96.1 Å². The second kappa shape index (κ2) is 4.65. The fourth-order valence-corrected chi connectivity index (χ4v) is 1.41. The van der Waals surface area contributed by atoms with Crippen LogP contribution >= 0.6 is 0 Å². The number of ether oxygens (including phenoxy) is 1. The van der Waals surface area contributed by atoms with Gasteiger partial charge in [0.05, 0.1) is 18.9 Å². The van der Waals surface area contributed by atoms with Crippen LogP contribution in [-0.4, -0.2) is 21.0 Å². The number of hydrogen-bond donors (Lipinski definition) is 1. The van der Waals surface area contributed by atoms with Gasteiger partial charge in [-0.05, 0) is 17.7 Å². The highest BCUT2D eigenvalue weighted by molar-refractivity contribution is 5.60. The lowest BCUT2D eigenvalue weighted by atomic mass is 10.2.